The molecule has 1 atom stereocenters. The van der Waals surface area contributed by atoms with E-state index in [1.807, 2.05) is 13.8 Å². The monoisotopic (exact) mass is 160 g/mol. The molecule has 0 N–H and O–H groups in total. The van der Waals surface area contributed by atoms with Gasteiger partial charge in [-0.05, 0) is 13.3 Å². The maximum Gasteiger partial charge on any atom is 0.0417 e. The fourth-order valence-electron chi connectivity index (χ4n) is 0.695. The summed E-state index contributed by atoms with van der Waals surface area (Å²) in [6.07, 6.45) is 3.10. The van der Waals surface area contributed by atoms with Gasteiger partial charge in [0.25, 0.3) is 0 Å². The Morgan fingerprint density at radius 1 is 1.50 bits per heavy atom. The highest BCUT2D eigenvalue weighted by molar-refractivity contribution is 7.85. The molecule has 0 spiro atoms. The Bertz CT molecular complexity index is 138. The number of hydrogen-bond donors (Lipinski definition) is 0. The third-order valence-electron chi connectivity index (χ3n) is 1.34. The van der Waals surface area contributed by atoms with Crippen molar-refractivity contribution in [1.82, 2.24) is 0 Å². The molecule has 0 radical (unpaired) electrons. The topological polar surface area (TPSA) is 17.1 Å². The smallest absolute Gasteiger partial charge is 0.0417 e. The maximum absolute atomic E-state index is 10.7. The molecule has 0 saturated heterocycles. The molecule has 0 aromatic heterocycles. The molecule has 2 heteroatoms. The maximum atomic E-state index is 10.7. The van der Waals surface area contributed by atoms with E-state index in [2.05, 4.69) is 13.0 Å². The first kappa shape index (κ1) is 9.89. The van der Waals surface area contributed by atoms with E-state index >= 15 is 0 Å². The molecule has 0 aromatic carbocycles. The average Bonchev–Trinajstić information content (AvgIpc) is 2.00. The van der Waals surface area contributed by atoms with Crippen LogP contribution in [0.25, 0.3) is 0 Å². The van der Waals surface area contributed by atoms with Gasteiger partial charge in [-0.15, -0.1) is 0 Å². The normalized spacial score (nSPS) is 24.3. The van der Waals surface area contributed by atoms with Crippen molar-refractivity contribution < 1.29 is 4.21 Å². The van der Waals surface area contributed by atoms with E-state index < -0.39 is 10.8 Å². The van der Waals surface area contributed by atoms with Crippen LogP contribution in [0.4, 0.5) is 0 Å². The summed E-state index contributed by atoms with van der Waals surface area (Å²) in [6.45, 7) is 6.09. The SMILES string of the molecule is CC.CC1=CCS(=O)CC1. The first-order valence-corrected chi connectivity index (χ1v) is 5.28. The lowest BCUT2D eigenvalue weighted by molar-refractivity contribution is 0.682. The third-order valence-corrected chi connectivity index (χ3v) is 2.54. The van der Waals surface area contributed by atoms with Crippen LogP contribution in [-0.4, -0.2) is 15.7 Å². The van der Waals surface area contributed by atoms with E-state index in [4.69, 9.17) is 0 Å². The highest BCUT2D eigenvalue weighted by Crippen LogP contribution is 2.07. The molecule has 1 aliphatic rings. The van der Waals surface area contributed by atoms with Crippen LogP contribution in [0, 0.1) is 0 Å². The van der Waals surface area contributed by atoms with E-state index in [0.717, 1.165) is 17.9 Å². The lowest BCUT2D eigenvalue weighted by Crippen LogP contribution is -2.06. The quantitative estimate of drug-likeness (QED) is 0.496. The van der Waals surface area contributed by atoms with Crippen molar-refractivity contribution >= 4 is 10.8 Å². The second-order valence-corrected chi connectivity index (χ2v) is 3.73. The van der Waals surface area contributed by atoms with Crippen LogP contribution < -0.4 is 0 Å². The Morgan fingerprint density at radius 3 is 2.40 bits per heavy atom. The summed E-state index contributed by atoms with van der Waals surface area (Å²) >= 11 is 0. The van der Waals surface area contributed by atoms with Gasteiger partial charge >= 0.3 is 0 Å². The van der Waals surface area contributed by atoms with Gasteiger partial charge in [-0.3, -0.25) is 4.21 Å². The molecular weight excluding hydrogens is 144 g/mol. The molecule has 1 unspecified atom stereocenters. The van der Waals surface area contributed by atoms with Crippen molar-refractivity contribution in [3.8, 4) is 0 Å². The highest BCUT2D eigenvalue weighted by atomic mass is 32.2. The van der Waals surface area contributed by atoms with E-state index in [0.29, 0.717) is 0 Å². The minimum absolute atomic E-state index is 0.537. The molecule has 1 rings (SSSR count). The fraction of sp³-hybridized carbons (Fsp3) is 0.750. The van der Waals surface area contributed by atoms with Crippen molar-refractivity contribution in [3.05, 3.63) is 11.6 Å². The van der Waals surface area contributed by atoms with Crippen molar-refractivity contribution in [2.24, 2.45) is 0 Å². The average molecular weight is 160 g/mol. The van der Waals surface area contributed by atoms with Crippen LogP contribution >= 0.6 is 0 Å². The summed E-state index contributed by atoms with van der Waals surface area (Å²) in [4.78, 5) is 0. The summed E-state index contributed by atoms with van der Waals surface area (Å²) in [5.74, 6) is 1.66. The molecule has 60 valence electrons. The summed E-state index contributed by atoms with van der Waals surface area (Å²) in [6, 6.07) is 0. The summed E-state index contributed by atoms with van der Waals surface area (Å²) in [5, 5.41) is 0. The van der Waals surface area contributed by atoms with Gasteiger partial charge in [0.2, 0.25) is 0 Å². The van der Waals surface area contributed by atoms with Crippen molar-refractivity contribution in [3.63, 3.8) is 0 Å². The van der Waals surface area contributed by atoms with Gasteiger partial charge in [0, 0.05) is 22.3 Å². The predicted molar refractivity (Wildman–Crippen MR) is 47.6 cm³/mol. The Kier molecular flexibility index (Phi) is 5.60. The molecule has 0 aliphatic carbocycles. The molecule has 0 aromatic rings. The van der Waals surface area contributed by atoms with E-state index in [9.17, 15) is 4.21 Å². The van der Waals surface area contributed by atoms with E-state index in [1.165, 1.54) is 5.57 Å². The fourth-order valence-corrected chi connectivity index (χ4v) is 1.88. The van der Waals surface area contributed by atoms with Crippen LogP contribution in [0.15, 0.2) is 11.6 Å². The van der Waals surface area contributed by atoms with Gasteiger partial charge in [0.05, 0.1) is 0 Å². The third kappa shape index (κ3) is 3.83. The zero-order chi connectivity index (χ0) is 7.98. The van der Waals surface area contributed by atoms with Crippen LogP contribution in [0.5, 0.6) is 0 Å². The number of hydrogen-bond acceptors (Lipinski definition) is 1. The first-order chi connectivity index (χ1) is 4.79. The molecule has 0 saturated carbocycles. The standard InChI is InChI=1S/C6H10OS.C2H6/c1-6-2-4-8(7)5-3-6;1-2/h2H,3-5H2,1H3;1-2H3. The Morgan fingerprint density at radius 2 is 2.10 bits per heavy atom. The lowest BCUT2D eigenvalue weighted by Gasteiger charge is -2.06. The van der Waals surface area contributed by atoms with Crippen molar-refractivity contribution in [2.45, 2.75) is 27.2 Å². The summed E-state index contributed by atoms with van der Waals surface area (Å²) in [5.41, 5.74) is 1.39. The van der Waals surface area contributed by atoms with E-state index in [-0.39, 0.29) is 0 Å². The second-order valence-electron chi connectivity index (χ2n) is 2.11. The van der Waals surface area contributed by atoms with Crippen LogP contribution in [0.3, 0.4) is 0 Å². The minimum atomic E-state index is -0.537. The zero-order valence-corrected chi connectivity index (χ0v) is 7.83. The zero-order valence-electron chi connectivity index (χ0n) is 7.02. The van der Waals surface area contributed by atoms with Gasteiger partial charge in [-0.2, -0.15) is 0 Å². The molecule has 1 heterocycles. The largest absolute Gasteiger partial charge is 0.259 e. The van der Waals surface area contributed by atoms with Crippen molar-refractivity contribution in [1.29, 1.82) is 0 Å². The van der Waals surface area contributed by atoms with Crippen LogP contribution in [0.2, 0.25) is 0 Å². The van der Waals surface area contributed by atoms with Gasteiger partial charge in [0.15, 0.2) is 0 Å². The molecule has 1 nitrogen and oxygen atoms in total. The molecular formula is C8H16OS. The van der Waals surface area contributed by atoms with Crippen LogP contribution in [0.1, 0.15) is 27.2 Å². The summed E-state index contributed by atoms with van der Waals surface area (Å²) in [7, 11) is -0.537. The van der Waals surface area contributed by atoms with Gasteiger partial charge < -0.3 is 0 Å². The number of rotatable bonds is 0. The van der Waals surface area contributed by atoms with Crippen molar-refractivity contribution in [2.75, 3.05) is 11.5 Å². The second kappa shape index (κ2) is 5.66. The lowest BCUT2D eigenvalue weighted by atomic mass is 10.2. The molecule has 0 amide bonds. The molecule has 0 bridgehead atoms. The predicted octanol–water partition coefficient (Wildman–Crippen LogP) is 2.11. The first-order valence-electron chi connectivity index (χ1n) is 3.79. The Balaban J connectivity index is 0.000000371. The van der Waals surface area contributed by atoms with Gasteiger partial charge in [-0.1, -0.05) is 25.5 Å². The number of allylic oxidation sites excluding steroid dienone is 1. The molecule has 1 aliphatic heterocycles. The highest BCUT2D eigenvalue weighted by Gasteiger charge is 2.03. The summed E-state index contributed by atoms with van der Waals surface area (Å²) < 4.78 is 10.7. The molecule has 10 heavy (non-hydrogen) atoms. The van der Waals surface area contributed by atoms with Crippen LogP contribution in [-0.2, 0) is 10.8 Å². The van der Waals surface area contributed by atoms with Gasteiger partial charge in [-0.25, -0.2) is 0 Å². The Labute approximate surface area is 66.0 Å². The van der Waals surface area contributed by atoms with E-state index in [1.54, 1.807) is 0 Å². The minimum Gasteiger partial charge on any atom is -0.259 e. The van der Waals surface area contributed by atoms with Gasteiger partial charge in [0.1, 0.15) is 0 Å². The Hall–Kier alpha value is -0.110. The molecule has 0 fully saturated rings.